The first-order chi connectivity index (χ1) is 14.4. The number of hydrogen-bond donors (Lipinski definition) is 2. The van der Waals surface area contributed by atoms with Gasteiger partial charge in [0.25, 0.3) is 5.91 Å². The van der Waals surface area contributed by atoms with Gasteiger partial charge in [-0.1, -0.05) is 50.2 Å². The van der Waals surface area contributed by atoms with E-state index < -0.39 is 0 Å². The third-order valence-corrected chi connectivity index (χ3v) is 5.58. The second-order valence-electron chi connectivity index (χ2n) is 8.18. The third-order valence-electron chi connectivity index (χ3n) is 5.58. The van der Waals surface area contributed by atoms with E-state index in [4.69, 9.17) is 10.5 Å². The van der Waals surface area contributed by atoms with Crippen molar-refractivity contribution in [3.8, 4) is 5.75 Å². The SMILES string of the molecule is CC(C)C(CNC(=O)COc1ccc(CC(N)=O)cc1)N1CCc2ccccc2C1. The fourth-order valence-corrected chi connectivity index (χ4v) is 3.91. The summed E-state index contributed by atoms with van der Waals surface area (Å²) in [4.78, 5) is 25.7. The number of primary amides is 1. The van der Waals surface area contributed by atoms with Crippen LogP contribution in [0.1, 0.15) is 30.5 Å². The molecule has 3 N–H and O–H groups in total. The van der Waals surface area contributed by atoms with Crippen molar-refractivity contribution in [3.05, 3.63) is 65.2 Å². The zero-order chi connectivity index (χ0) is 21.5. The molecule has 6 nitrogen and oxygen atoms in total. The van der Waals surface area contributed by atoms with Gasteiger partial charge in [-0.3, -0.25) is 14.5 Å². The van der Waals surface area contributed by atoms with Gasteiger partial charge in [-0.05, 0) is 41.2 Å². The van der Waals surface area contributed by atoms with Gasteiger partial charge in [0.15, 0.2) is 6.61 Å². The first kappa shape index (κ1) is 21.8. The van der Waals surface area contributed by atoms with Crippen molar-refractivity contribution in [1.29, 1.82) is 0 Å². The number of benzene rings is 2. The van der Waals surface area contributed by atoms with Crippen LogP contribution in [0.15, 0.2) is 48.5 Å². The van der Waals surface area contributed by atoms with Crippen LogP contribution < -0.4 is 15.8 Å². The first-order valence-corrected chi connectivity index (χ1v) is 10.5. The molecule has 3 rings (SSSR count). The summed E-state index contributed by atoms with van der Waals surface area (Å²) in [6.07, 6.45) is 1.24. The van der Waals surface area contributed by atoms with E-state index in [1.165, 1.54) is 11.1 Å². The van der Waals surface area contributed by atoms with Gasteiger partial charge in [0.1, 0.15) is 5.75 Å². The number of nitrogens with zero attached hydrogens (tertiary/aromatic N) is 1. The van der Waals surface area contributed by atoms with Crippen molar-refractivity contribution >= 4 is 11.8 Å². The van der Waals surface area contributed by atoms with Crippen molar-refractivity contribution in [3.63, 3.8) is 0 Å². The molecule has 1 aliphatic rings. The molecule has 0 aliphatic carbocycles. The first-order valence-electron chi connectivity index (χ1n) is 10.5. The highest BCUT2D eigenvalue weighted by Crippen LogP contribution is 2.22. The van der Waals surface area contributed by atoms with Crippen molar-refractivity contribution in [1.82, 2.24) is 10.2 Å². The Morgan fingerprint density at radius 3 is 2.47 bits per heavy atom. The number of carbonyl (C=O) groups is 2. The average Bonchev–Trinajstić information content (AvgIpc) is 2.72. The monoisotopic (exact) mass is 409 g/mol. The summed E-state index contributed by atoms with van der Waals surface area (Å²) >= 11 is 0. The largest absolute Gasteiger partial charge is 0.484 e. The molecular formula is C24H31N3O3. The highest BCUT2D eigenvalue weighted by molar-refractivity contribution is 5.77. The molecule has 0 fully saturated rings. The minimum absolute atomic E-state index is 0.0389. The number of amides is 2. The summed E-state index contributed by atoms with van der Waals surface area (Å²) in [5.74, 6) is 0.500. The zero-order valence-electron chi connectivity index (χ0n) is 17.8. The lowest BCUT2D eigenvalue weighted by Gasteiger charge is -2.38. The lowest BCUT2D eigenvalue weighted by molar-refractivity contribution is -0.123. The summed E-state index contributed by atoms with van der Waals surface area (Å²) in [7, 11) is 0. The smallest absolute Gasteiger partial charge is 0.257 e. The van der Waals surface area contributed by atoms with E-state index in [0.717, 1.165) is 25.1 Å². The van der Waals surface area contributed by atoms with Gasteiger partial charge in [-0.15, -0.1) is 0 Å². The molecule has 2 aromatic carbocycles. The fourth-order valence-electron chi connectivity index (χ4n) is 3.91. The van der Waals surface area contributed by atoms with Crippen LogP contribution in [-0.2, 0) is 29.0 Å². The summed E-state index contributed by atoms with van der Waals surface area (Å²) in [5.41, 5.74) is 8.82. The molecule has 0 bridgehead atoms. The molecule has 1 atom stereocenters. The predicted molar refractivity (Wildman–Crippen MR) is 117 cm³/mol. The van der Waals surface area contributed by atoms with Crippen molar-refractivity contribution in [2.45, 2.75) is 39.3 Å². The predicted octanol–water partition coefficient (Wildman–Crippen LogP) is 2.29. The Balaban J connectivity index is 1.48. The van der Waals surface area contributed by atoms with Crippen LogP contribution >= 0.6 is 0 Å². The summed E-state index contributed by atoms with van der Waals surface area (Å²) in [5, 5.41) is 3.03. The average molecular weight is 410 g/mol. The molecule has 2 amide bonds. The molecule has 0 saturated heterocycles. The highest BCUT2D eigenvalue weighted by Gasteiger charge is 2.26. The number of fused-ring (bicyclic) bond motifs is 1. The van der Waals surface area contributed by atoms with Crippen LogP contribution in [0.25, 0.3) is 0 Å². The van der Waals surface area contributed by atoms with Crippen LogP contribution in [0, 0.1) is 5.92 Å². The summed E-state index contributed by atoms with van der Waals surface area (Å²) in [6.45, 7) is 6.87. The van der Waals surface area contributed by atoms with Gasteiger partial charge >= 0.3 is 0 Å². The topological polar surface area (TPSA) is 84.7 Å². The van der Waals surface area contributed by atoms with Crippen molar-refractivity contribution in [2.75, 3.05) is 19.7 Å². The Hall–Kier alpha value is -2.86. The molecule has 30 heavy (non-hydrogen) atoms. The second-order valence-corrected chi connectivity index (χ2v) is 8.18. The van der Waals surface area contributed by atoms with Gasteiger partial charge in [0.05, 0.1) is 6.42 Å². The van der Waals surface area contributed by atoms with Gasteiger partial charge in [-0.2, -0.15) is 0 Å². The number of hydrogen-bond acceptors (Lipinski definition) is 4. The van der Waals surface area contributed by atoms with E-state index in [1.54, 1.807) is 24.3 Å². The maximum atomic E-state index is 12.3. The molecule has 1 unspecified atom stereocenters. The van der Waals surface area contributed by atoms with E-state index in [1.807, 2.05) is 0 Å². The Morgan fingerprint density at radius 1 is 1.10 bits per heavy atom. The molecule has 1 heterocycles. The second kappa shape index (κ2) is 10.3. The highest BCUT2D eigenvalue weighted by atomic mass is 16.5. The third kappa shape index (κ3) is 6.07. The van der Waals surface area contributed by atoms with Crippen LogP contribution in [-0.4, -0.2) is 42.5 Å². The lowest BCUT2D eigenvalue weighted by Crippen LogP contribution is -2.49. The molecule has 160 valence electrons. The number of rotatable bonds is 9. The van der Waals surface area contributed by atoms with E-state index in [0.29, 0.717) is 18.2 Å². The Kier molecular flexibility index (Phi) is 7.46. The van der Waals surface area contributed by atoms with E-state index >= 15 is 0 Å². The van der Waals surface area contributed by atoms with E-state index in [-0.39, 0.29) is 30.9 Å². The minimum Gasteiger partial charge on any atom is -0.484 e. The molecular weight excluding hydrogens is 378 g/mol. The Labute approximate surface area is 178 Å². The van der Waals surface area contributed by atoms with Crippen LogP contribution in [0.2, 0.25) is 0 Å². The number of carbonyl (C=O) groups excluding carboxylic acids is 2. The molecule has 0 aromatic heterocycles. The molecule has 0 spiro atoms. The normalized spacial score (nSPS) is 14.8. The molecule has 0 saturated carbocycles. The molecule has 2 aromatic rings. The molecule has 0 radical (unpaired) electrons. The standard InChI is InChI=1S/C24H31N3O3/c1-17(2)22(27-12-11-19-5-3-4-6-20(19)15-27)14-26-24(29)16-30-21-9-7-18(8-10-21)13-23(25)28/h3-10,17,22H,11-16H2,1-2H3,(H2,25,28)(H,26,29). The summed E-state index contributed by atoms with van der Waals surface area (Å²) < 4.78 is 5.57. The quantitative estimate of drug-likeness (QED) is 0.666. The van der Waals surface area contributed by atoms with Gasteiger partial charge in [-0.25, -0.2) is 0 Å². The zero-order valence-corrected chi connectivity index (χ0v) is 17.8. The molecule has 6 heteroatoms. The van der Waals surface area contributed by atoms with E-state index in [2.05, 4.69) is 48.3 Å². The van der Waals surface area contributed by atoms with Crippen LogP contribution in [0.3, 0.4) is 0 Å². The van der Waals surface area contributed by atoms with Crippen LogP contribution in [0.4, 0.5) is 0 Å². The maximum Gasteiger partial charge on any atom is 0.257 e. The minimum atomic E-state index is -0.375. The number of nitrogens with two attached hydrogens (primary N) is 1. The fraction of sp³-hybridized carbons (Fsp3) is 0.417. The van der Waals surface area contributed by atoms with E-state index in [9.17, 15) is 9.59 Å². The van der Waals surface area contributed by atoms with Gasteiger partial charge < -0.3 is 15.8 Å². The molecule has 1 aliphatic heterocycles. The van der Waals surface area contributed by atoms with Crippen LogP contribution in [0.5, 0.6) is 5.75 Å². The maximum absolute atomic E-state index is 12.3. The van der Waals surface area contributed by atoms with Gasteiger partial charge in [0.2, 0.25) is 5.91 Å². The number of nitrogens with one attached hydrogen (secondary N) is 1. The summed E-state index contributed by atoms with van der Waals surface area (Å²) in [6, 6.07) is 15.9. The Morgan fingerprint density at radius 2 is 1.80 bits per heavy atom. The lowest BCUT2D eigenvalue weighted by atomic mass is 9.95. The van der Waals surface area contributed by atoms with Crippen molar-refractivity contribution < 1.29 is 14.3 Å². The number of ether oxygens (including phenoxy) is 1. The van der Waals surface area contributed by atoms with Gasteiger partial charge in [0, 0.05) is 25.7 Å². The Bertz CT molecular complexity index is 864. The van der Waals surface area contributed by atoms with Crippen molar-refractivity contribution in [2.24, 2.45) is 11.7 Å².